The number of thiophene rings is 1. The normalized spacial score (nSPS) is 17.3. The molecular formula is C36H34ClN3O9S2. The van der Waals surface area contributed by atoms with Crippen molar-refractivity contribution in [2.24, 2.45) is 0 Å². The van der Waals surface area contributed by atoms with Crippen LogP contribution in [-0.2, 0) is 24.3 Å². The van der Waals surface area contributed by atoms with Crippen LogP contribution in [0.15, 0.2) is 94.2 Å². The first kappa shape index (κ1) is 36.2. The summed E-state index contributed by atoms with van der Waals surface area (Å²) in [5.41, 5.74) is 2.81. The van der Waals surface area contributed by atoms with Gasteiger partial charge in [-0.25, -0.2) is 13.3 Å². The Morgan fingerprint density at radius 1 is 1.06 bits per heavy atom. The molecule has 12 nitrogen and oxygen atoms in total. The summed E-state index contributed by atoms with van der Waals surface area (Å²) in [5.74, 6) is -1.20. The van der Waals surface area contributed by atoms with E-state index in [2.05, 4.69) is 5.32 Å². The van der Waals surface area contributed by atoms with Crippen LogP contribution >= 0.6 is 22.9 Å². The number of nitrogens with one attached hydrogen (secondary N) is 1. The Balaban J connectivity index is 1.14. The number of aliphatic hydroxyl groups excluding tert-OH is 1. The zero-order valence-corrected chi connectivity index (χ0v) is 30.0. The summed E-state index contributed by atoms with van der Waals surface area (Å²) in [4.78, 5) is 40.9. The second-order valence-corrected chi connectivity index (χ2v) is 14.9. The smallest absolute Gasteiger partial charge is 0.290 e. The van der Waals surface area contributed by atoms with Crippen molar-refractivity contribution in [3.8, 4) is 5.75 Å². The van der Waals surface area contributed by atoms with Crippen LogP contribution in [0.25, 0.3) is 0 Å². The van der Waals surface area contributed by atoms with Crippen LogP contribution in [0.5, 0.6) is 5.75 Å². The molecule has 0 saturated heterocycles. The van der Waals surface area contributed by atoms with E-state index < -0.39 is 40.6 Å². The molecule has 2 aliphatic heterocycles. The number of aryl methyl sites for hydroxylation is 1. The summed E-state index contributed by atoms with van der Waals surface area (Å²) in [6.45, 7) is 1.04. The van der Waals surface area contributed by atoms with Gasteiger partial charge in [0.05, 0.1) is 42.0 Å². The molecule has 2 atom stereocenters. The lowest BCUT2D eigenvalue weighted by Gasteiger charge is -2.30. The number of amides is 3. The number of anilines is 2. The van der Waals surface area contributed by atoms with Gasteiger partial charge in [-0.1, -0.05) is 11.6 Å². The Labute approximate surface area is 303 Å². The van der Waals surface area contributed by atoms with Crippen LogP contribution in [-0.4, -0.2) is 75.3 Å². The number of carbonyl (C=O) groups excluding carboxylic acids is 3. The van der Waals surface area contributed by atoms with Gasteiger partial charge >= 0.3 is 0 Å². The average molecular weight is 752 g/mol. The molecule has 51 heavy (non-hydrogen) atoms. The third-order valence-electron chi connectivity index (χ3n) is 8.49. The molecule has 2 aliphatic rings. The van der Waals surface area contributed by atoms with E-state index in [0.29, 0.717) is 34.1 Å². The summed E-state index contributed by atoms with van der Waals surface area (Å²) in [6, 6.07) is 17.3. The van der Waals surface area contributed by atoms with Gasteiger partial charge in [0.15, 0.2) is 5.76 Å². The van der Waals surface area contributed by atoms with Crippen LogP contribution in [0.4, 0.5) is 11.4 Å². The highest BCUT2D eigenvalue weighted by molar-refractivity contribution is 7.89. The van der Waals surface area contributed by atoms with Crippen LogP contribution in [0.2, 0.25) is 5.02 Å². The molecule has 3 amide bonds. The molecular weight excluding hydrogens is 718 g/mol. The molecule has 0 fully saturated rings. The lowest BCUT2D eigenvalue weighted by atomic mass is 9.95. The number of imide groups is 1. The monoisotopic (exact) mass is 751 g/mol. The number of nitrogens with zero attached hydrogens (tertiary/aromatic N) is 2. The first-order chi connectivity index (χ1) is 24.5. The van der Waals surface area contributed by atoms with Gasteiger partial charge in [0.25, 0.3) is 17.7 Å². The molecule has 0 spiro atoms. The van der Waals surface area contributed by atoms with Crippen LogP contribution in [0.3, 0.4) is 0 Å². The maximum atomic E-state index is 13.6. The predicted molar refractivity (Wildman–Crippen MR) is 192 cm³/mol. The maximum absolute atomic E-state index is 13.6. The molecule has 1 aromatic heterocycles. The molecule has 0 aliphatic carbocycles. The van der Waals surface area contributed by atoms with Gasteiger partial charge in [0.1, 0.15) is 5.75 Å². The second-order valence-electron chi connectivity index (χ2n) is 11.7. The van der Waals surface area contributed by atoms with E-state index in [0.717, 1.165) is 14.8 Å². The Bertz CT molecular complexity index is 2090. The number of halogens is 1. The van der Waals surface area contributed by atoms with E-state index in [-0.39, 0.29) is 47.4 Å². The van der Waals surface area contributed by atoms with E-state index >= 15 is 0 Å². The molecule has 0 bridgehead atoms. The number of allylic oxidation sites excluding steroid dienone is 1. The van der Waals surface area contributed by atoms with Crippen LogP contribution in [0.1, 0.15) is 44.2 Å². The van der Waals surface area contributed by atoms with E-state index in [9.17, 15) is 27.9 Å². The molecule has 3 aromatic carbocycles. The minimum atomic E-state index is -3.95. The van der Waals surface area contributed by atoms with Gasteiger partial charge in [0, 0.05) is 36.1 Å². The zero-order chi connectivity index (χ0) is 36.3. The first-order valence-electron chi connectivity index (χ1n) is 15.9. The highest BCUT2D eigenvalue weighted by atomic mass is 35.5. The van der Waals surface area contributed by atoms with Crippen molar-refractivity contribution in [1.29, 1.82) is 0 Å². The van der Waals surface area contributed by atoms with Gasteiger partial charge < -0.3 is 24.6 Å². The number of hydrogen-bond acceptors (Lipinski definition) is 10. The van der Waals surface area contributed by atoms with Crippen LogP contribution < -0.4 is 15.0 Å². The van der Waals surface area contributed by atoms with Crippen molar-refractivity contribution in [3.05, 3.63) is 117 Å². The van der Waals surface area contributed by atoms with Gasteiger partial charge in [-0.05, 0) is 102 Å². The molecule has 4 aromatic rings. The fraction of sp³-hybridized carbons (Fsp3) is 0.250. The van der Waals surface area contributed by atoms with E-state index in [4.69, 9.17) is 25.8 Å². The number of methoxy groups -OCH3 is 1. The summed E-state index contributed by atoms with van der Waals surface area (Å²) < 4.78 is 44.9. The highest BCUT2D eigenvalue weighted by Crippen LogP contribution is 2.35. The number of sulfonamides is 1. The SMILES string of the molecule is COc1ccc(S(=O)(=O)N(CCO)CCO[C@H]2C[C@@H](c3ccsc3)C=C(C(=O)Nc3ccc(N4C(=O)c5ccc(Cl)cc5C4=O)c(C)c3)O2)cc1. The summed E-state index contributed by atoms with van der Waals surface area (Å²) in [7, 11) is -2.47. The van der Waals surface area contributed by atoms with Gasteiger partial charge in [-0.3, -0.25) is 14.4 Å². The average Bonchev–Trinajstić information content (AvgIpc) is 3.75. The molecule has 6 rings (SSSR count). The van der Waals surface area contributed by atoms with Crippen LogP contribution in [0, 0.1) is 6.92 Å². The molecule has 2 N–H and O–H groups in total. The van der Waals surface area contributed by atoms with Gasteiger partial charge in [-0.15, -0.1) is 0 Å². The van der Waals surface area contributed by atoms with Crippen molar-refractivity contribution >= 4 is 62.1 Å². The minimum absolute atomic E-state index is 0.0134. The number of benzene rings is 3. The fourth-order valence-electron chi connectivity index (χ4n) is 5.89. The number of hydrogen-bond donors (Lipinski definition) is 2. The zero-order valence-electron chi connectivity index (χ0n) is 27.6. The summed E-state index contributed by atoms with van der Waals surface area (Å²) >= 11 is 7.57. The fourth-order valence-corrected chi connectivity index (χ4v) is 8.20. The number of carbonyl (C=O) groups is 3. The number of rotatable bonds is 13. The summed E-state index contributed by atoms with van der Waals surface area (Å²) in [5, 5.41) is 16.7. The topological polar surface area (TPSA) is 152 Å². The van der Waals surface area contributed by atoms with Gasteiger partial charge in [-0.2, -0.15) is 15.6 Å². The Morgan fingerprint density at radius 2 is 1.82 bits per heavy atom. The number of fused-ring (bicyclic) bond motifs is 1. The third kappa shape index (κ3) is 7.71. The third-order valence-corrected chi connectivity index (χ3v) is 11.3. The van der Waals surface area contributed by atoms with E-state index in [1.165, 1.54) is 42.7 Å². The molecule has 266 valence electrons. The molecule has 3 heterocycles. The van der Waals surface area contributed by atoms with E-state index in [1.807, 2.05) is 16.8 Å². The molecule has 0 radical (unpaired) electrons. The Hall–Kier alpha value is -4.57. The number of ether oxygens (including phenoxy) is 3. The molecule has 15 heteroatoms. The van der Waals surface area contributed by atoms with Crippen molar-refractivity contribution < 1.29 is 42.1 Å². The molecule has 0 saturated carbocycles. The maximum Gasteiger partial charge on any atom is 0.290 e. The largest absolute Gasteiger partial charge is 0.497 e. The molecule has 0 unspecified atom stereocenters. The Morgan fingerprint density at radius 3 is 2.51 bits per heavy atom. The predicted octanol–water partition coefficient (Wildman–Crippen LogP) is 5.57. The lowest BCUT2D eigenvalue weighted by molar-refractivity contribution is -0.143. The van der Waals surface area contributed by atoms with Crippen molar-refractivity contribution in [1.82, 2.24) is 4.31 Å². The lowest BCUT2D eigenvalue weighted by Crippen LogP contribution is -2.37. The van der Waals surface area contributed by atoms with Gasteiger partial charge in [0.2, 0.25) is 16.3 Å². The number of aliphatic hydroxyl groups is 1. The quantitative estimate of drug-likeness (QED) is 0.167. The Kier molecular flexibility index (Phi) is 10.9. The summed E-state index contributed by atoms with van der Waals surface area (Å²) in [6.07, 6.45) is 1.21. The highest BCUT2D eigenvalue weighted by Gasteiger charge is 2.37. The minimum Gasteiger partial charge on any atom is -0.497 e. The van der Waals surface area contributed by atoms with Crippen molar-refractivity contribution in [3.63, 3.8) is 0 Å². The standard InChI is InChI=1S/C36H34ClN3O9S2/c1-22-17-26(4-10-31(22)40-35(43)29-9-3-25(37)20-30(29)36(40)44)38-34(42)32-18-24(23-11-16-50-21-23)19-33(49-32)48-15-13-39(12-14-41)51(45,46)28-7-5-27(47-2)6-8-28/h3-11,16-18,20-21,24,33,41H,12-15,19H2,1-2H3,(H,38,42)/t24-,33+/m0/s1. The first-order valence-corrected chi connectivity index (χ1v) is 18.6. The van der Waals surface area contributed by atoms with Crippen molar-refractivity contribution in [2.45, 2.75) is 30.4 Å². The van der Waals surface area contributed by atoms with E-state index in [1.54, 1.807) is 49.4 Å². The second kappa shape index (κ2) is 15.4. The van der Waals surface area contributed by atoms with Crippen molar-refractivity contribution in [2.75, 3.05) is 43.6 Å².